The Bertz CT molecular complexity index is 757. The summed E-state index contributed by atoms with van der Waals surface area (Å²) >= 11 is 6.13. The van der Waals surface area contributed by atoms with E-state index >= 15 is 0 Å². The summed E-state index contributed by atoms with van der Waals surface area (Å²) in [5.74, 6) is -3.08. The third kappa shape index (κ3) is 3.49. The Kier molecular flexibility index (Phi) is 5.40. The standard InChI is InChI=1S/C16H15NO5S2/c1-8(2)12(15(21)22)17-13(18)11(24-16(17)23)7-9-5-3-4-6-10(9)14(19)20/h3-8,12H,1-2H3,(H,19,20)(H,21,22)/b11-7-/t12-/m1/s1. The fraction of sp³-hybridized carbons (Fsp3) is 0.250. The topological polar surface area (TPSA) is 94.9 Å². The summed E-state index contributed by atoms with van der Waals surface area (Å²) in [4.78, 5) is 36.6. The number of carboxylic acids is 2. The highest BCUT2D eigenvalue weighted by atomic mass is 32.2. The van der Waals surface area contributed by atoms with Gasteiger partial charge in [0.2, 0.25) is 0 Å². The van der Waals surface area contributed by atoms with Crippen molar-refractivity contribution in [3.63, 3.8) is 0 Å². The van der Waals surface area contributed by atoms with E-state index in [1.54, 1.807) is 32.0 Å². The van der Waals surface area contributed by atoms with E-state index in [0.29, 0.717) is 5.56 Å². The number of carbonyl (C=O) groups excluding carboxylic acids is 1. The number of thiocarbonyl (C=S) groups is 1. The molecule has 1 amide bonds. The van der Waals surface area contributed by atoms with Crippen molar-refractivity contribution in [3.05, 3.63) is 40.3 Å². The van der Waals surface area contributed by atoms with Gasteiger partial charge in [-0.25, -0.2) is 9.59 Å². The van der Waals surface area contributed by atoms with Crippen molar-refractivity contribution >= 4 is 52.2 Å². The second kappa shape index (κ2) is 7.14. The van der Waals surface area contributed by atoms with Crippen molar-refractivity contribution in [1.82, 2.24) is 4.90 Å². The molecule has 0 aliphatic carbocycles. The molecule has 2 N–H and O–H groups in total. The van der Waals surface area contributed by atoms with Crippen molar-refractivity contribution < 1.29 is 24.6 Å². The normalized spacial score (nSPS) is 17.6. The van der Waals surface area contributed by atoms with Gasteiger partial charge in [-0.15, -0.1) is 0 Å². The lowest BCUT2D eigenvalue weighted by Crippen LogP contribution is -2.47. The number of thioether (sulfide) groups is 1. The fourth-order valence-electron chi connectivity index (χ4n) is 2.37. The minimum Gasteiger partial charge on any atom is -0.480 e. The molecule has 1 heterocycles. The van der Waals surface area contributed by atoms with Gasteiger partial charge in [0, 0.05) is 0 Å². The summed E-state index contributed by atoms with van der Waals surface area (Å²) in [6, 6.07) is 5.20. The van der Waals surface area contributed by atoms with E-state index in [2.05, 4.69) is 0 Å². The first-order valence-corrected chi connectivity index (χ1v) is 8.28. The minimum absolute atomic E-state index is 0.0569. The average Bonchev–Trinajstić information content (AvgIpc) is 2.75. The summed E-state index contributed by atoms with van der Waals surface area (Å²) in [7, 11) is 0. The van der Waals surface area contributed by atoms with Crippen LogP contribution in [0.25, 0.3) is 6.08 Å². The number of hydrogen-bond acceptors (Lipinski definition) is 5. The molecule has 0 aromatic heterocycles. The van der Waals surface area contributed by atoms with Crippen molar-refractivity contribution in [2.75, 3.05) is 0 Å². The first-order chi connectivity index (χ1) is 11.2. The fourth-order valence-corrected chi connectivity index (χ4v) is 3.69. The van der Waals surface area contributed by atoms with Crippen LogP contribution in [0, 0.1) is 5.92 Å². The zero-order valence-corrected chi connectivity index (χ0v) is 14.6. The smallest absolute Gasteiger partial charge is 0.336 e. The first kappa shape index (κ1) is 18.2. The van der Waals surface area contributed by atoms with Crippen LogP contribution in [-0.2, 0) is 9.59 Å². The largest absolute Gasteiger partial charge is 0.480 e. The summed E-state index contributed by atoms with van der Waals surface area (Å²) in [5, 5.41) is 18.6. The lowest BCUT2D eigenvalue weighted by atomic mass is 10.0. The molecule has 0 saturated carbocycles. The summed E-state index contributed by atoms with van der Waals surface area (Å²) in [6.45, 7) is 3.39. The van der Waals surface area contributed by atoms with Crippen molar-refractivity contribution in [3.8, 4) is 0 Å². The number of aliphatic carboxylic acids is 1. The Morgan fingerprint density at radius 3 is 2.42 bits per heavy atom. The van der Waals surface area contributed by atoms with Crippen LogP contribution in [0.3, 0.4) is 0 Å². The molecule has 0 bridgehead atoms. The highest BCUT2D eigenvalue weighted by Gasteiger charge is 2.41. The second-order valence-corrected chi connectivity index (χ2v) is 7.15. The van der Waals surface area contributed by atoms with Gasteiger partial charge < -0.3 is 10.2 Å². The molecule has 1 atom stereocenters. The van der Waals surface area contributed by atoms with Crippen LogP contribution < -0.4 is 0 Å². The number of carboxylic acid groups (broad SMARTS) is 2. The number of amides is 1. The predicted octanol–water partition coefficient (Wildman–Crippen LogP) is 2.70. The monoisotopic (exact) mass is 365 g/mol. The Balaban J connectivity index is 2.42. The maximum Gasteiger partial charge on any atom is 0.336 e. The molecule has 1 aliphatic heterocycles. The van der Waals surface area contributed by atoms with Gasteiger partial charge >= 0.3 is 11.9 Å². The van der Waals surface area contributed by atoms with E-state index < -0.39 is 23.9 Å². The number of nitrogens with zero attached hydrogens (tertiary/aromatic N) is 1. The van der Waals surface area contributed by atoms with Gasteiger partial charge in [-0.2, -0.15) is 0 Å². The highest BCUT2D eigenvalue weighted by molar-refractivity contribution is 8.26. The molecule has 1 aliphatic rings. The molecule has 0 spiro atoms. The van der Waals surface area contributed by atoms with E-state index in [1.165, 1.54) is 12.1 Å². The SMILES string of the molecule is CC(C)[C@H](C(=O)O)N1C(=O)/C(=C/c2ccccc2C(=O)O)SC1=S. The van der Waals surface area contributed by atoms with Crippen LogP contribution in [0.5, 0.6) is 0 Å². The molecule has 1 aromatic rings. The summed E-state index contributed by atoms with van der Waals surface area (Å²) in [6.07, 6.45) is 1.43. The molecule has 0 unspecified atom stereocenters. The van der Waals surface area contributed by atoms with Crippen LogP contribution in [0.1, 0.15) is 29.8 Å². The minimum atomic E-state index is -1.13. The number of hydrogen-bond donors (Lipinski definition) is 2. The Labute approximate surface area is 148 Å². The molecule has 6 nitrogen and oxygen atoms in total. The molecule has 1 saturated heterocycles. The van der Waals surface area contributed by atoms with Gasteiger partial charge in [0.1, 0.15) is 10.4 Å². The molecule has 1 fully saturated rings. The molecule has 0 radical (unpaired) electrons. The van der Waals surface area contributed by atoms with E-state index in [1.807, 2.05) is 0 Å². The van der Waals surface area contributed by atoms with E-state index in [4.69, 9.17) is 12.2 Å². The van der Waals surface area contributed by atoms with Gasteiger partial charge in [-0.1, -0.05) is 56.0 Å². The average molecular weight is 365 g/mol. The first-order valence-electron chi connectivity index (χ1n) is 7.06. The maximum atomic E-state index is 12.6. The maximum absolute atomic E-state index is 12.6. The van der Waals surface area contributed by atoms with E-state index in [0.717, 1.165) is 16.7 Å². The Hall–Kier alpha value is -2.19. The molecule has 126 valence electrons. The number of aromatic carboxylic acids is 1. The lowest BCUT2D eigenvalue weighted by Gasteiger charge is -2.26. The zero-order chi connectivity index (χ0) is 18.0. The summed E-state index contributed by atoms with van der Waals surface area (Å²) < 4.78 is 0.153. The molecule has 2 rings (SSSR count). The van der Waals surface area contributed by atoms with E-state index in [9.17, 15) is 24.6 Å². The van der Waals surface area contributed by atoms with Crippen LogP contribution in [0.4, 0.5) is 0 Å². The van der Waals surface area contributed by atoms with Crippen molar-refractivity contribution in [2.45, 2.75) is 19.9 Å². The van der Waals surface area contributed by atoms with Crippen LogP contribution >= 0.6 is 24.0 Å². The van der Waals surface area contributed by atoms with Gasteiger partial charge in [-0.05, 0) is 23.6 Å². The quantitative estimate of drug-likeness (QED) is 0.612. The third-order valence-corrected chi connectivity index (χ3v) is 4.79. The molecular formula is C16H15NO5S2. The van der Waals surface area contributed by atoms with Crippen LogP contribution in [0.2, 0.25) is 0 Å². The van der Waals surface area contributed by atoms with Crippen LogP contribution in [0.15, 0.2) is 29.2 Å². The van der Waals surface area contributed by atoms with Crippen molar-refractivity contribution in [2.24, 2.45) is 5.92 Å². The molecule has 8 heteroatoms. The number of carbonyl (C=O) groups is 3. The van der Waals surface area contributed by atoms with Gasteiger partial charge in [0.15, 0.2) is 0 Å². The Morgan fingerprint density at radius 2 is 1.88 bits per heavy atom. The van der Waals surface area contributed by atoms with E-state index in [-0.39, 0.29) is 20.7 Å². The van der Waals surface area contributed by atoms with Gasteiger partial charge in [0.25, 0.3) is 5.91 Å². The Morgan fingerprint density at radius 1 is 1.25 bits per heavy atom. The predicted molar refractivity (Wildman–Crippen MR) is 94.7 cm³/mol. The third-order valence-electron chi connectivity index (χ3n) is 3.46. The van der Waals surface area contributed by atoms with Gasteiger partial charge in [0.05, 0.1) is 10.5 Å². The number of benzene rings is 1. The number of rotatable bonds is 5. The molecular weight excluding hydrogens is 350 g/mol. The molecule has 1 aromatic carbocycles. The van der Waals surface area contributed by atoms with Crippen molar-refractivity contribution in [1.29, 1.82) is 0 Å². The molecule has 24 heavy (non-hydrogen) atoms. The second-order valence-electron chi connectivity index (χ2n) is 5.47. The zero-order valence-electron chi connectivity index (χ0n) is 12.9. The lowest BCUT2D eigenvalue weighted by molar-refractivity contribution is -0.146. The summed E-state index contributed by atoms with van der Waals surface area (Å²) in [5.41, 5.74) is 0.420. The van der Waals surface area contributed by atoms with Crippen LogP contribution in [-0.4, -0.2) is 43.3 Å². The van der Waals surface area contributed by atoms with Gasteiger partial charge in [-0.3, -0.25) is 9.69 Å². The highest BCUT2D eigenvalue weighted by Crippen LogP contribution is 2.35.